The zero-order valence-corrected chi connectivity index (χ0v) is 16.4. The summed E-state index contributed by atoms with van der Waals surface area (Å²) >= 11 is 5.91. The fourth-order valence-electron chi connectivity index (χ4n) is 3.66. The van der Waals surface area contributed by atoms with Gasteiger partial charge in [-0.3, -0.25) is 9.59 Å². The van der Waals surface area contributed by atoms with E-state index in [1.807, 2.05) is 34.6 Å². The standard InChI is InChI=1S/C18H23ClN4O3/c1-6-22-8-12(14(24)11-7-13(19)20-21-15(11)22)16(25)23-9-17(2,3)26-18(4,5)10-23/h7-8H,6,9-10H2,1-5H3. The summed E-state index contributed by atoms with van der Waals surface area (Å²) in [5, 5.41) is 8.23. The van der Waals surface area contributed by atoms with Crippen molar-refractivity contribution in [3.8, 4) is 0 Å². The number of morpholine rings is 1. The van der Waals surface area contributed by atoms with E-state index in [9.17, 15) is 9.59 Å². The summed E-state index contributed by atoms with van der Waals surface area (Å²) in [6, 6.07) is 1.46. The van der Waals surface area contributed by atoms with Crippen LogP contribution in [0.3, 0.4) is 0 Å². The van der Waals surface area contributed by atoms with E-state index < -0.39 is 11.2 Å². The van der Waals surface area contributed by atoms with Crippen LogP contribution in [0.1, 0.15) is 45.0 Å². The average Bonchev–Trinajstić information content (AvgIpc) is 2.52. The quantitative estimate of drug-likeness (QED) is 0.802. The van der Waals surface area contributed by atoms with Crippen molar-refractivity contribution in [1.82, 2.24) is 19.7 Å². The predicted molar refractivity (Wildman–Crippen MR) is 99.6 cm³/mol. The Labute approximate surface area is 156 Å². The number of aromatic nitrogens is 3. The number of rotatable bonds is 2. The number of ether oxygens (including phenoxy) is 1. The molecule has 1 fully saturated rings. The zero-order chi connectivity index (χ0) is 19.3. The second-order valence-electron chi connectivity index (χ2n) is 7.84. The topological polar surface area (TPSA) is 77.3 Å². The number of hydrogen-bond acceptors (Lipinski definition) is 5. The van der Waals surface area contributed by atoms with Crippen LogP contribution in [0.2, 0.25) is 5.15 Å². The van der Waals surface area contributed by atoms with Crippen molar-refractivity contribution in [2.75, 3.05) is 13.1 Å². The summed E-state index contributed by atoms with van der Waals surface area (Å²) < 4.78 is 7.77. The van der Waals surface area contributed by atoms with Crippen LogP contribution < -0.4 is 5.43 Å². The molecule has 140 valence electrons. The number of pyridine rings is 1. The average molecular weight is 379 g/mol. The third-order valence-electron chi connectivity index (χ3n) is 4.35. The summed E-state index contributed by atoms with van der Waals surface area (Å²) in [7, 11) is 0. The van der Waals surface area contributed by atoms with Gasteiger partial charge in [-0.05, 0) is 40.7 Å². The van der Waals surface area contributed by atoms with E-state index in [1.54, 1.807) is 15.7 Å². The first kappa shape index (κ1) is 18.8. The Morgan fingerprint density at radius 2 is 1.85 bits per heavy atom. The first-order valence-corrected chi connectivity index (χ1v) is 8.96. The summed E-state index contributed by atoms with van der Waals surface area (Å²) in [6.07, 6.45) is 1.56. The number of aryl methyl sites for hydroxylation is 1. The summed E-state index contributed by atoms with van der Waals surface area (Å²) in [4.78, 5) is 27.8. The van der Waals surface area contributed by atoms with Crippen LogP contribution in [0.5, 0.6) is 0 Å². The van der Waals surface area contributed by atoms with Crippen LogP contribution >= 0.6 is 11.6 Å². The van der Waals surface area contributed by atoms with Crippen LogP contribution in [0, 0.1) is 0 Å². The highest BCUT2D eigenvalue weighted by Crippen LogP contribution is 2.29. The van der Waals surface area contributed by atoms with Gasteiger partial charge in [-0.15, -0.1) is 10.2 Å². The van der Waals surface area contributed by atoms with Gasteiger partial charge in [-0.1, -0.05) is 11.6 Å². The number of fused-ring (bicyclic) bond motifs is 1. The van der Waals surface area contributed by atoms with E-state index in [1.165, 1.54) is 6.07 Å². The Kier molecular flexibility index (Phi) is 4.56. The molecule has 0 atom stereocenters. The lowest BCUT2D eigenvalue weighted by molar-refractivity contribution is -0.171. The molecule has 7 nitrogen and oxygen atoms in total. The van der Waals surface area contributed by atoms with E-state index >= 15 is 0 Å². The largest absolute Gasteiger partial charge is 0.366 e. The molecule has 26 heavy (non-hydrogen) atoms. The lowest BCUT2D eigenvalue weighted by atomic mass is 9.98. The van der Waals surface area contributed by atoms with Crippen molar-refractivity contribution < 1.29 is 9.53 Å². The normalized spacial score (nSPS) is 18.9. The highest BCUT2D eigenvalue weighted by Gasteiger charge is 2.40. The van der Waals surface area contributed by atoms with E-state index in [-0.39, 0.29) is 22.1 Å². The van der Waals surface area contributed by atoms with Crippen molar-refractivity contribution >= 4 is 28.5 Å². The number of carbonyl (C=O) groups is 1. The van der Waals surface area contributed by atoms with Gasteiger partial charge in [-0.2, -0.15) is 0 Å². The molecule has 8 heteroatoms. The molecule has 0 saturated carbocycles. The molecule has 0 unspecified atom stereocenters. The third kappa shape index (κ3) is 3.46. The van der Waals surface area contributed by atoms with Gasteiger partial charge >= 0.3 is 0 Å². The van der Waals surface area contributed by atoms with Gasteiger partial charge in [-0.25, -0.2) is 0 Å². The minimum Gasteiger partial charge on any atom is -0.366 e. The number of nitrogens with zero attached hydrogens (tertiary/aromatic N) is 4. The monoisotopic (exact) mass is 378 g/mol. The van der Waals surface area contributed by atoms with Gasteiger partial charge in [0.15, 0.2) is 10.8 Å². The van der Waals surface area contributed by atoms with E-state index in [0.717, 1.165) is 0 Å². The molecule has 0 spiro atoms. The molecule has 0 radical (unpaired) electrons. The fourth-order valence-corrected chi connectivity index (χ4v) is 3.80. The third-order valence-corrected chi connectivity index (χ3v) is 4.53. The highest BCUT2D eigenvalue weighted by molar-refractivity contribution is 6.29. The molecule has 1 aliphatic rings. The molecule has 1 aliphatic heterocycles. The molecule has 0 bridgehead atoms. The highest BCUT2D eigenvalue weighted by atomic mass is 35.5. The molecule has 2 aromatic rings. The lowest BCUT2D eigenvalue weighted by Crippen LogP contribution is -2.59. The van der Waals surface area contributed by atoms with Crippen LogP contribution in [-0.2, 0) is 11.3 Å². The molecule has 3 heterocycles. The second-order valence-corrected chi connectivity index (χ2v) is 8.23. The maximum absolute atomic E-state index is 13.2. The Balaban J connectivity index is 2.11. The Hall–Kier alpha value is -1.99. The summed E-state index contributed by atoms with van der Waals surface area (Å²) in [5.41, 5.74) is -0.841. The maximum atomic E-state index is 13.2. The summed E-state index contributed by atoms with van der Waals surface area (Å²) in [6.45, 7) is 11.0. The van der Waals surface area contributed by atoms with Gasteiger partial charge < -0.3 is 14.2 Å². The zero-order valence-electron chi connectivity index (χ0n) is 15.7. The van der Waals surface area contributed by atoms with Gasteiger partial charge in [0.1, 0.15) is 5.56 Å². The molecule has 1 amide bonds. The number of amides is 1. The molecule has 2 aromatic heterocycles. The molecule has 3 rings (SSSR count). The molecule has 0 N–H and O–H groups in total. The SMILES string of the molecule is CCn1cc(C(=O)N2CC(C)(C)OC(C)(C)C2)c(=O)c2cc(Cl)nnc21. The van der Waals surface area contributed by atoms with Gasteiger partial charge in [0.2, 0.25) is 5.43 Å². The van der Waals surface area contributed by atoms with Crippen LogP contribution in [0.25, 0.3) is 11.0 Å². The van der Waals surface area contributed by atoms with Crippen molar-refractivity contribution in [2.24, 2.45) is 0 Å². The number of carbonyl (C=O) groups excluding carboxylic acids is 1. The Morgan fingerprint density at radius 3 is 2.42 bits per heavy atom. The number of hydrogen-bond donors (Lipinski definition) is 0. The van der Waals surface area contributed by atoms with Gasteiger partial charge in [0.25, 0.3) is 5.91 Å². The maximum Gasteiger partial charge on any atom is 0.259 e. The molecule has 0 aromatic carbocycles. The molecule has 0 aliphatic carbocycles. The molecular weight excluding hydrogens is 356 g/mol. The van der Waals surface area contributed by atoms with E-state index in [4.69, 9.17) is 16.3 Å². The van der Waals surface area contributed by atoms with Crippen LogP contribution in [0.15, 0.2) is 17.1 Å². The van der Waals surface area contributed by atoms with Gasteiger partial charge in [0, 0.05) is 25.8 Å². The second kappa shape index (κ2) is 6.32. The lowest BCUT2D eigenvalue weighted by Gasteiger charge is -2.47. The van der Waals surface area contributed by atoms with Crippen molar-refractivity contribution in [1.29, 1.82) is 0 Å². The van der Waals surface area contributed by atoms with E-state index in [2.05, 4.69) is 10.2 Å². The molecule has 1 saturated heterocycles. The smallest absolute Gasteiger partial charge is 0.259 e. The fraction of sp³-hybridized carbons (Fsp3) is 0.556. The van der Waals surface area contributed by atoms with Crippen LogP contribution in [0.4, 0.5) is 0 Å². The number of halogens is 1. The minimum atomic E-state index is -0.493. The van der Waals surface area contributed by atoms with Crippen LogP contribution in [-0.4, -0.2) is 49.9 Å². The van der Waals surface area contributed by atoms with Crippen molar-refractivity contribution in [2.45, 2.75) is 52.4 Å². The summed E-state index contributed by atoms with van der Waals surface area (Å²) in [5.74, 6) is -0.309. The Bertz CT molecular complexity index is 920. The minimum absolute atomic E-state index is 0.108. The van der Waals surface area contributed by atoms with E-state index in [0.29, 0.717) is 30.7 Å². The Morgan fingerprint density at radius 1 is 1.23 bits per heavy atom. The molecular formula is C18H23ClN4O3. The van der Waals surface area contributed by atoms with Crippen molar-refractivity contribution in [3.05, 3.63) is 33.2 Å². The first-order chi connectivity index (χ1) is 12.0. The predicted octanol–water partition coefficient (Wildman–Crippen LogP) is 2.49. The van der Waals surface area contributed by atoms with Gasteiger partial charge in [0.05, 0.1) is 16.6 Å². The van der Waals surface area contributed by atoms with Crippen molar-refractivity contribution in [3.63, 3.8) is 0 Å². The first-order valence-electron chi connectivity index (χ1n) is 8.59.